The molecule has 2 amide bonds. The SMILES string of the molecule is CCOC(=O)N1CCN(C(=O)Cc2csc(-n3cccc3)n2)CC1. The van der Waals surface area contributed by atoms with Crippen LogP contribution in [-0.2, 0) is 16.0 Å². The summed E-state index contributed by atoms with van der Waals surface area (Å²) in [4.78, 5) is 32.0. The van der Waals surface area contributed by atoms with Gasteiger partial charge in [-0.15, -0.1) is 11.3 Å². The molecule has 24 heavy (non-hydrogen) atoms. The van der Waals surface area contributed by atoms with Gasteiger partial charge in [-0.05, 0) is 19.1 Å². The molecule has 8 heteroatoms. The Morgan fingerprint density at radius 1 is 1.17 bits per heavy atom. The number of amides is 2. The van der Waals surface area contributed by atoms with Crippen LogP contribution in [0.2, 0.25) is 0 Å². The van der Waals surface area contributed by atoms with Crippen molar-refractivity contribution < 1.29 is 14.3 Å². The molecule has 128 valence electrons. The lowest BCUT2D eigenvalue weighted by Crippen LogP contribution is -2.51. The van der Waals surface area contributed by atoms with E-state index < -0.39 is 0 Å². The molecule has 0 atom stereocenters. The van der Waals surface area contributed by atoms with Crippen LogP contribution in [-0.4, -0.2) is 64.1 Å². The summed E-state index contributed by atoms with van der Waals surface area (Å²) in [5.74, 6) is 0.0443. The summed E-state index contributed by atoms with van der Waals surface area (Å²) in [5, 5.41) is 2.78. The van der Waals surface area contributed by atoms with Gasteiger partial charge in [0, 0.05) is 44.0 Å². The van der Waals surface area contributed by atoms with Gasteiger partial charge in [-0.2, -0.15) is 0 Å². The summed E-state index contributed by atoms with van der Waals surface area (Å²) >= 11 is 1.52. The molecular weight excluding hydrogens is 328 g/mol. The molecular formula is C16H20N4O3S. The van der Waals surface area contributed by atoms with Crippen molar-refractivity contribution in [2.75, 3.05) is 32.8 Å². The van der Waals surface area contributed by atoms with Crippen LogP contribution in [0.4, 0.5) is 4.79 Å². The molecule has 0 aliphatic carbocycles. The quantitative estimate of drug-likeness (QED) is 0.845. The van der Waals surface area contributed by atoms with Crippen LogP contribution in [0.5, 0.6) is 0 Å². The average molecular weight is 348 g/mol. The standard InChI is InChI=1S/C16H20N4O3S/c1-2-23-16(22)20-9-7-18(8-10-20)14(21)11-13-12-24-15(17-13)19-5-3-4-6-19/h3-6,12H,2,7-11H2,1H3. The summed E-state index contributed by atoms with van der Waals surface area (Å²) in [6.07, 6.45) is 3.84. The topological polar surface area (TPSA) is 67.7 Å². The third-order valence-electron chi connectivity index (χ3n) is 3.86. The molecule has 3 heterocycles. The summed E-state index contributed by atoms with van der Waals surface area (Å²) in [6.45, 7) is 4.24. The zero-order valence-corrected chi connectivity index (χ0v) is 14.4. The van der Waals surface area contributed by atoms with Gasteiger partial charge in [0.2, 0.25) is 5.91 Å². The molecule has 1 saturated heterocycles. The van der Waals surface area contributed by atoms with E-state index in [2.05, 4.69) is 4.98 Å². The second-order valence-electron chi connectivity index (χ2n) is 5.46. The lowest BCUT2D eigenvalue weighted by molar-refractivity contribution is -0.132. The molecule has 0 unspecified atom stereocenters. The van der Waals surface area contributed by atoms with E-state index in [1.165, 1.54) is 11.3 Å². The van der Waals surface area contributed by atoms with E-state index in [0.717, 1.165) is 10.8 Å². The number of ether oxygens (including phenoxy) is 1. The normalized spacial score (nSPS) is 14.7. The summed E-state index contributed by atoms with van der Waals surface area (Å²) in [6, 6.07) is 3.88. The number of hydrogen-bond acceptors (Lipinski definition) is 5. The van der Waals surface area contributed by atoms with Crippen molar-refractivity contribution in [3.05, 3.63) is 35.6 Å². The van der Waals surface area contributed by atoms with Gasteiger partial charge in [-0.1, -0.05) is 0 Å². The fourth-order valence-electron chi connectivity index (χ4n) is 2.58. The van der Waals surface area contributed by atoms with Crippen molar-refractivity contribution in [2.45, 2.75) is 13.3 Å². The van der Waals surface area contributed by atoms with Crippen molar-refractivity contribution in [3.8, 4) is 5.13 Å². The number of carbonyl (C=O) groups excluding carboxylic acids is 2. The Hall–Kier alpha value is -2.35. The number of nitrogens with zero attached hydrogens (tertiary/aromatic N) is 4. The van der Waals surface area contributed by atoms with Crippen molar-refractivity contribution in [3.63, 3.8) is 0 Å². The van der Waals surface area contributed by atoms with Gasteiger partial charge in [0.25, 0.3) is 0 Å². The highest BCUT2D eigenvalue weighted by Crippen LogP contribution is 2.16. The Labute approximate surface area is 144 Å². The van der Waals surface area contributed by atoms with Crippen LogP contribution in [0.1, 0.15) is 12.6 Å². The fraction of sp³-hybridized carbons (Fsp3) is 0.438. The average Bonchev–Trinajstić information content (AvgIpc) is 3.26. The van der Waals surface area contributed by atoms with Gasteiger partial charge < -0.3 is 19.1 Å². The lowest BCUT2D eigenvalue weighted by Gasteiger charge is -2.34. The smallest absolute Gasteiger partial charge is 0.409 e. The first kappa shape index (κ1) is 16.5. The zero-order valence-electron chi connectivity index (χ0n) is 13.6. The molecule has 0 radical (unpaired) electrons. The number of piperazine rings is 1. The van der Waals surface area contributed by atoms with Crippen molar-refractivity contribution in [2.24, 2.45) is 0 Å². The Morgan fingerprint density at radius 2 is 1.83 bits per heavy atom. The van der Waals surface area contributed by atoms with E-state index in [-0.39, 0.29) is 18.4 Å². The minimum Gasteiger partial charge on any atom is -0.450 e. The largest absolute Gasteiger partial charge is 0.450 e. The lowest BCUT2D eigenvalue weighted by atomic mass is 10.2. The van der Waals surface area contributed by atoms with E-state index in [0.29, 0.717) is 32.8 Å². The van der Waals surface area contributed by atoms with E-state index in [1.807, 2.05) is 34.5 Å². The predicted molar refractivity (Wildman–Crippen MR) is 90.3 cm³/mol. The van der Waals surface area contributed by atoms with E-state index in [9.17, 15) is 9.59 Å². The van der Waals surface area contributed by atoms with Gasteiger partial charge in [-0.25, -0.2) is 9.78 Å². The number of hydrogen-bond donors (Lipinski definition) is 0. The molecule has 0 N–H and O–H groups in total. The maximum Gasteiger partial charge on any atom is 0.409 e. The Bertz CT molecular complexity index is 690. The molecule has 2 aromatic heterocycles. The summed E-state index contributed by atoms with van der Waals surface area (Å²) in [7, 11) is 0. The number of carbonyl (C=O) groups is 2. The van der Waals surface area contributed by atoms with E-state index in [1.54, 1.807) is 16.7 Å². The second kappa shape index (κ2) is 7.48. The van der Waals surface area contributed by atoms with Gasteiger partial charge in [0.1, 0.15) is 0 Å². The number of aromatic nitrogens is 2. The van der Waals surface area contributed by atoms with Crippen LogP contribution in [0.15, 0.2) is 29.9 Å². The monoisotopic (exact) mass is 348 g/mol. The Balaban J connectivity index is 1.52. The molecule has 1 fully saturated rings. The van der Waals surface area contributed by atoms with E-state index in [4.69, 9.17) is 4.74 Å². The van der Waals surface area contributed by atoms with Crippen molar-refractivity contribution in [1.29, 1.82) is 0 Å². The first-order valence-corrected chi connectivity index (χ1v) is 8.82. The fourth-order valence-corrected chi connectivity index (χ4v) is 3.37. The zero-order chi connectivity index (χ0) is 16.9. The molecule has 1 aliphatic rings. The summed E-state index contributed by atoms with van der Waals surface area (Å²) < 4.78 is 6.91. The van der Waals surface area contributed by atoms with Crippen LogP contribution in [0.3, 0.4) is 0 Å². The van der Waals surface area contributed by atoms with Gasteiger partial charge in [0.05, 0.1) is 18.7 Å². The molecule has 7 nitrogen and oxygen atoms in total. The third kappa shape index (κ3) is 3.76. The van der Waals surface area contributed by atoms with Crippen LogP contribution >= 0.6 is 11.3 Å². The molecule has 2 aromatic rings. The van der Waals surface area contributed by atoms with Crippen molar-refractivity contribution >= 4 is 23.3 Å². The maximum atomic E-state index is 12.4. The van der Waals surface area contributed by atoms with Crippen LogP contribution < -0.4 is 0 Å². The van der Waals surface area contributed by atoms with Gasteiger partial charge in [0.15, 0.2) is 5.13 Å². The minimum atomic E-state index is -0.305. The Kier molecular flexibility index (Phi) is 5.14. The molecule has 0 saturated carbocycles. The highest BCUT2D eigenvalue weighted by atomic mass is 32.1. The number of rotatable bonds is 4. The van der Waals surface area contributed by atoms with Crippen LogP contribution in [0.25, 0.3) is 5.13 Å². The second-order valence-corrected chi connectivity index (χ2v) is 6.29. The molecule has 0 spiro atoms. The minimum absolute atomic E-state index is 0.0443. The molecule has 1 aliphatic heterocycles. The Morgan fingerprint density at radius 3 is 2.50 bits per heavy atom. The first-order valence-electron chi connectivity index (χ1n) is 7.94. The first-order chi connectivity index (χ1) is 11.7. The predicted octanol–water partition coefficient (Wildman–Crippen LogP) is 1.78. The molecule has 3 rings (SSSR count). The van der Waals surface area contributed by atoms with E-state index >= 15 is 0 Å². The van der Waals surface area contributed by atoms with Crippen molar-refractivity contribution in [1.82, 2.24) is 19.4 Å². The highest BCUT2D eigenvalue weighted by Gasteiger charge is 2.25. The summed E-state index contributed by atoms with van der Waals surface area (Å²) in [5.41, 5.74) is 0.779. The molecule has 0 bridgehead atoms. The van der Waals surface area contributed by atoms with Crippen LogP contribution in [0, 0.1) is 0 Å². The number of thiazole rings is 1. The highest BCUT2D eigenvalue weighted by molar-refractivity contribution is 7.12. The maximum absolute atomic E-state index is 12.4. The molecule has 0 aromatic carbocycles. The van der Waals surface area contributed by atoms with Gasteiger partial charge >= 0.3 is 6.09 Å². The third-order valence-corrected chi connectivity index (χ3v) is 4.76. The van der Waals surface area contributed by atoms with Gasteiger partial charge in [-0.3, -0.25) is 4.79 Å².